The van der Waals surface area contributed by atoms with Crippen LogP contribution in [-0.4, -0.2) is 81.4 Å². The number of amides is 2. The summed E-state index contributed by atoms with van der Waals surface area (Å²) in [6.07, 6.45) is 1.61. The highest BCUT2D eigenvalue weighted by molar-refractivity contribution is 7.89. The molecular formula is C33H37N5O6S. The van der Waals surface area contributed by atoms with Gasteiger partial charge in [0.2, 0.25) is 11.8 Å². The first-order chi connectivity index (χ1) is 21.4. The molecule has 0 saturated carbocycles. The molecule has 12 heteroatoms. The van der Waals surface area contributed by atoms with E-state index in [9.17, 15) is 27.9 Å². The molecule has 1 fully saturated rings. The maximum absolute atomic E-state index is 14.0. The lowest BCUT2D eigenvalue weighted by molar-refractivity contribution is -0.140. The Balaban J connectivity index is 1.47. The van der Waals surface area contributed by atoms with Crippen molar-refractivity contribution < 1.29 is 27.9 Å². The predicted octanol–water partition coefficient (Wildman–Crippen LogP) is 4.33. The van der Waals surface area contributed by atoms with E-state index >= 15 is 0 Å². The fourth-order valence-corrected chi connectivity index (χ4v) is 7.57. The van der Waals surface area contributed by atoms with Crippen LogP contribution in [0.4, 0.5) is 0 Å². The van der Waals surface area contributed by atoms with Crippen LogP contribution >= 0.6 is 0 Å². The Kier molecular flexibility index (Phi) is 9.08. The molecular weight excluding hydrogens is 594 g/mol. The quantitative estimate of drug-likeness (QED) is 0.289. The molecule has 1 saturated heterocycles. The molecule has 0 bridgehead atoms. The van der Waals surface area contributed by atoms with Gasteiger partial charge in [0.15, 0.2) is 0 Å². The molecule has 4 aromatic rings. The normalized spacial score (nSPS) is 14.1. The molecule has 0 radical (unpaired) electrons. The molecule has 5 rings (SSSR count). The summed E-state index contributed by atoms with van der Waals surface area (Å²) < 4.78 is 30.9. The van der Waals surface area contributed by atoms with Gasteiger partial charge in [0, 0.05) is 58.6 Å². The fraction of sp³-hybridized carbons (Fsp3) is 0.333. The second kappa shape index (κ2) is 12.8. The number of sulfonamides is 1. The van der Waals surface area contributed by atoms with Gasteiger partial charge in [0.1, 0.15) is 5.82 Å². The average molecular weight is 632 g/mol. The number of carbonyl (C=O) groups is 3. The van der Waals surface area contributed by atoms with Crippen LogP contribution in [0.5, 0.6) is 0 Å². The molecule has 3 aromatic carbocycles. The lowest BCUT2D eigenvalue weighted by atomic mass is 10.0. The van der Waals surface area contributed by atoms with Crippen molar-refractivity contribution in [3.05, 3.63) is 83.2 Å². The molecule has 1 aromatic heterocycles. The second-order valence-electron chi connectivity index (χ2n) is 11.3. The maximum atomic E-state index is 14.0. The van der Waals surface area contributed by atoms with Gasteiger partial charge in [0.25, 0.3) is 10.0 Å². The molecule has 45 heavy (non-hydrogen) atoms. The number of carboxylic acids is 1. The van der Waals surface area contributed by atoms with E-state index in [4.69, 9.17) is 4.98 Å². The standard InChI is InChI=1S/C33H37N5O6S/c1-5-8-31-34-32-22(2)19-27(33(41)42)20-29(32)37(31)21-25-11-13-26(14-12-25)28-9-6-7-10-30(28)45(43,44)38(24(4)40)36-17-15-35(16-18-36)23(3)39/h6-7,9-14,19-20H,5,8,15-18,21H2,1-4H3,(H,41,42). The summed E-state index contributed by atoms with van der Waals surface area (Å²) >= 11 is 0. The smallest absolute Gasteiger partial charge is 0.335 e. The van der Waals surface area contributed by atoms with Gasteiger partial charge in [-0.1, -0.05) is 49.4 Å². The minimum Gasteiger partial charge on any atom is -0.478 e. The van der Waals surface area contributed by atoms with Gasteiger partial charge in [-0.3, -0.25) is 9.59 Å². The van der Waals surface area contributed by atoms with Gasteiger partial charge in [-0.05, 0) is 48.2 Å². The number of aromatic carboxylic acids is 1. The number of hydrogen-bond acceptors (Lipinski definition) is 7. The number of aryl methyl sites for hydroxylation is 2. The topological polar surface area (TPSA) is 133 Å². The fourth-order valence-electron chi connectivity index (χ4n) is 5.86. The number of carbonyl (C=O) groups excluding carboxylic acids is 2. The zero-order chi connectivity index (χ0) is 32.5. The first kappa shape index (κ1) is 31.9. The summed E-state index contributed by atoms with van der Waals surface area (Å²) in [5, 5.41) is 11.1. The Morgan fingerprint density at radius 3 is 2.22 bits per heavy atom. The van der Waals surface area contributed by atoms with Crippen LogP contribution in [0.25, 0.3) is 22.2 Å². The summed E-state index contributed by atoms with van der Waals surface area (Å²) in [6, 6.07) is 17.4. The molecule has 1 aliphatic rings. The number of fused-ring (bicyclic) bond motifs is 1. The second-order valence-corrected chi connectivity index (χ2v) is 13.0. The monoisotopic (exact) mass is 631 g/mol. The number of hydrazine groups is 1. The first-order valence-electron chi connectivity index (χ1n) is 14.9. The highest BCUT2D eigenvalue weighted by Crippen LogP contribution is 2.31. The summed E-state index contributed by atoms with van der Waals surface area (Å²) in [5.74, 6) is -0.853. The molecule has 0 spiro atoms. The molecule has 236 valence electrons. The van der Waals surface area contributed by atoms with Crippen LogP contribution in [0.15, 0.2) is 65.6 Å². The van der Waals surface area contributed by atoms with E-state index < -0.39 is 21.9 Å². The Labute approximate surface area is 262 Å². The van der Waals surface area contributed by atoms with Gasteiger partial charge in [0.05, 0.1) is 21.5 Å². The number of benzene rings is 3. The van der Waals surface area contributed by atoms with Gasteiger partial charge < -0.3 is 14.6 Å². The van der Waals surface area contributed by atoms with E-state index in [1.807, 2.05) is 35.8 Å². The zero-order valence-corrected chi connectivity index (χ0v) is 26.7. The maximum Gasteiger partial charge on any atom is 0.335 e. The van der Waals surface area contributed by atoms with Gasteiger partial charge in [-0.25, -0.2) is 14.8 Å². The van der Waals surface area contributed by atoms with Gasteiger partial charge in [-0.15, -0.1) is 0 Å². The van der Waals surface area contributed by atoms with Crippen molar-refractivity contribution in [3.63, 3.8) is 0 Å². The zero-order valence-electron chi connectivity index (χ0n) is 25.9. The van der Waals surface area contributed by atoms with Crippen molar-refractivity contribution in [1.82, 2.24) is 23.9 Å². The van der Waals surface area contributed by atoms with E-state index in [2.05, 4.69) is 6.92 Å². The van der Waals surface area contributed by atoms with Crippen molar-refractivity contribution in [2.75, 3.05) is 26.2 Å². The van der Waals surface area contributed by atoms with Crippen molar-refractivity contribution in [1.29, 1.82) is 0 Å². The number of aromatic nitrogens is 2. The summed E-state index contributed by atoms with van der Waals surface area (Å²) in [6.45, 7) is 8.15. The lowest BCUT2D eigenvalue weighted by Crippen LogP contribution is -2.57. The first-order valence-corrected chi connectivity index (χ1v) is 16.3. The minimum atomic E-state index is -4.27. The van der Waals surface area contributed by atoms with Crippen LogP contribution in [0.1, 0.15) is 54.5 Å². The van der Waals surface area contributed by atoms with Crippen LogP contribution < -0.4 is 0 Å². The van der Waals surface area contributed by atoms with E-state index in [1.54, 1.807) is 35.2 Å². The van der Waals surface area contributed by atoms with Gasteiger partial charge >= 0.3 is 5.97 Å². The number of rotatable bonds is 9. The Hall–Kier alpha value is -4.55. The number of carboxylic acid groups (broad SMARTS) is 1. The number of hydrogen-bond donors (Lipinski definition) is 1. The molecule has 1 N–H and O–H groups in total. The predicted molar refractivity (Wildman–Crippen MR) is 170 cm³/mol. The summed E-state index contributed by atoms with van der Waals surface area (Å²) in [4.78, 5) is 42.8. The number of piperazine rings is 1. The Bertz CT molecular complexity index is 1880. The molecule has 2 amide bonds. The van der Waals surface area contributed by atoms with E-state index in [-0.39, 0.29) is 29.5 Å². The van der Waals surface area contributed by atoms with Crippen LogP contribution in [0.2, 0.25) is 0 Å². The molecule has 0 unspecified atom stereocenters. The van der Waals surface area contributed by atoms with Crippen LogP contribution in [-0.2, 0) is 32.6 Å². The lowest BCUT2D eigenvalue weighted by Gasteiger charge is -2.39. The van der Waals surface area contributed by atoms with Crippen molar-refractivity contribution in [2.24, 2.45) is 0 Å². The molecule has 0 atom stereocenters. The third-order valence-corrected chi connectivity index (χ3v) is 9.93. The van der Waals surface area contributed by atoms with Gasteiger partial charge in [-0.2, -0.15) is 12.8 Å². The molecule has 11 nitrogen and oxygen atoms in total. The number of imidazole rings is 1. The molecule has 0 aliphatic carbocycles. The van der Waals surface area contributed by atoms with E-state index in [0.717, 1.165) is 45.2 Å². The van der Waals surface area contributed by atoms with E-state index in [1.165, 1.54) is 24.9 Å². The molecule has 1 aliphatic heterocycles. The summed E-state index contributed by atoms with van der Waals surface area (Å²) in [7, 11) is -4.27. The minimum absolute atomic E-state index is 0.00413. The third-order valence-electron chi connectivity index (χ3n) is 8.07. The van der Waals surface area contributed by atoms with Crippen LogP contribution in [0.3, 0.4) is 0 Å². The highest BCUT2D eigenvalue weighted by Gasteiger charge is 2.36. The van der Waals surface area contributed by atoms with Crippen LogP contribution in [0, 0.1) is 6.92 Å². The molecule has 2 heterocycles. The highest BCUT2D eigenvalue weighted by atomic mass is 32.2. The third kappa shape index (κ3) is 6.34. The largest absolute Gasteiger partial charge is 0.478 e. The van der Waals surface area contributed by atoms with Crippen molar-refractivity contribution >= 4 is 38.8 Å². The van der Waals surface area contributed by atoms with Crippen molar-refractivity contribution in [3.8, 4) is 11.1 Å². The van der Waals surface area contributed by atoms with E-state index in [0.29, 0.717) is 30.8 Å². The van der Waals surface area contributed by atoms with Crippen molar-refractivity contribution in [2.45, 2.75) is 52.0 Å². The Morgan fingerprint density at radius 2 is 1.62 bits per heavy atom. The Morgan fingerprint density at radius 1 is 0.956 bits per heavy atom. The number of nitrogens with zero attached hydrogens (tertiary/aromatic N) is 5. The average Bonchev–Trinajstić information content (AvgIpc) is 3.35. The SMILES string of the molecule is CCCc1nc2c(C)cc(C(=O)O)cc2n1Cc1ccc(-c2ccccc2S(=O)(=O)N(C(C)=O)N2CCN(C(C)=O)CC2)cc1. The summed E-state index contributed by atoms with van der Waals surface area (Å²) in [5.41, 5.74) is 4.59.